The SMILES string of the molecule is [C-]#[N+]c1ccnc(-c2cc(NC(=O)c3ccc(N4CCOCS4(=O)=O)cc3)ccc2Cl)c1. The van der Waals surface area contributed by atoms with E-state index >= 15 is 0 Å². The molecule has 2 aromatic carbocycles. The second kappa shape index (κ2) is 8.96. The van der Waals surface area contributed by atoms with E-state index in [1.54, 1.807) is 54.6 Å². The number of anilines is 2. The number of sulfonamides is 1. The van der Waals surface area contributed by atoms with Crippen molar-refractivity contribution in [3.63, 3.8) is 0 Å². The lowest BCUT2D eigenvalue weighted by Gasteiger charge is -2.28. The summed E-state index contributed by atoms with van der Waals surface area (Å²) < 4.78 is 30.6. The molecule has 0 radical (unpaired) electrons. The Labute approximate surface area is 190 Å². The average molecular weight is 469 g/mol. The molecular formula is C22H17ClN4O4S. The molecule has 1 N–H and O–H groups in total. The normalized spacial score (nSPS) is 15.1. The molecule has 1 saturated heterocycles. The van der Waals surface area contributed by atoms with Crippen LogP contribution in [0.5, 0.6) is 0 Å². The maximum Gasteiger partial charge on any atom is 0.259 e. The van der Waals surface area contributed by atoms with E-state index in [0.717, 1.165) is 0 Å². The second-order valence-corrected chi connectivity index (χ2v) is 9.16. The van der Waals surface area contributed by atoms with Crippen molar-refractivity contribution in [1.29, 1.82) is 0 Å². The number of aromatic nitrogens is 1. The van der Waals surface area contributed by atoms with Crippen LogP contribution in [-0.4, -0.2) is 38.4 Å². The Kier molecular flexibility index (Phi) is 6.10. The van der Waals surface area contributed by atoms with Gasteiger partial charge >= 0.3 is 0 Å². The van der Waals surface area contributed by atoms with Gasteiger partial charge in [-0.25, -0.2) is 13.3 Å². The van der Waals surface area contributed by atoms with E-state index in [2.05, 4.69) is 15.1 Å². The third-order valence-corrected chi connectivity index (χ3v) is 6.66. The van der Waals surface area contributed by atoms with Gasteiger partial charge in [-0.15, -0.1) is 0 Å². The lowest BCUT2D eigenvalue weighted by Crippen LogP contribution is -2.41. The fraction of sp³-hybridized carbons (Fsp3) is 0.136. The zero-order chi connectivity index (χ0) is 22.7. The van der Waals surface area contributed by atoms with Crippen LogP contribution in [0.15, 0.2) is 60.8 Å². The Morgan fingerprint density at radius 1 is 1.16 bits per heavy atom. The van der Waals surface area contributed by atoms with E-state index in [-0.39, 0.29) is 18.4 Å². The largest absolute Gasteiger partial charge is 0.362 e. The fourth-order valence-electron chi connectivity index (χ4n) is 3.22. The number of carbonyl (C=O) groups excluding carboxylic acids is 1. The highest BCUT2D eigenvalue weighted by molar-refractivity contribution is 7.92. The molecule has 0 unspecified atom stereocenters. The van der Waals surface area contributed by atoms with Crippen molar-refractivity contribution in [1.82, 2.24) is 4.98 Å². The zero-order valence-corrected chi connectivity index (χ0v) is 18.2. The summed E-state index contributed by atoms with van der Waals surface area (Å²) in [4.78, 5) is 20.4. The van der Waals surface area contributed by atoms with Gasteiger partial charge < -0.3 is 10.1 Å². The van der Waals surface area contributed by atoms with Crippen molar-refractivity contribution in [2.75, 3.05) is 28.7 Å². The van der Waals surface area contributed by atoms with E-state index < -0.39 is 10.0 Å². The molecule has 0 bridgehead atoms. The van der Waals surface area contributed by atoms with Crippen LogP contribution in [0.1, 0.15) is 10.4 Å². The summed E-state index contributed by atoms with van der Waals surface area (Å²) in [5.74, 6) is -0.723. The van der Waals surface area contributed by atoms with Crippen LogP contribution in [0.2, 0.25) is 5.02 Å². The van der Waals surface area contributed by atoms with Crippen molar-refractivity contribution >= 4 is 44.6 Å². The molecule has 1 fully saturated rings. The number of hydrogen-bond acceptors (Lipinski definition) is 5. The topological polar surface area (TPSA) is 93.0 Å². The molecule has 10 heteroatoms. The van der Waals surface area contributed by atoms with E-state index in [0.29, 0.717) is 45.5 Å². The minimum atomic E-state index is -3.52. The van der Waals surface area contributed by atoms with Crippen LogP contribution >= 0.6 is 11.6 Å². The van der Waals surface area contributed by atoms with Crippen LogP contribution in [0.25, 0.3) is 16.1 Å². The molecule has 0 spiro atoms. The van der Waals surface area contributed by atoms with Crippen LogP contribution in [0.4, 0.5) is 17.1 Å². The Hall–Kier alpha value is -3.45. The molecule has 0 atom stereocenters. The van der Waals surface area contributed by atoms with Crippen molar-refractivity contribution in [2.45, 2.75) is 0 Å². The summed E-state index contributed by atoms with van der Waals surface area (Å²) in [6.45, 7) is 7.69. The van der Waals surface area contributed by atoms with E-state index in [1.807, 2.05) is 0 Å². The molecule has 3 aromatic rings. The Bertz CT molecular complexity index is 1320. The van der Waals surface area contributed by atoms with Gasteiger partial charge in [0, 0.05) is 23.0 Å². The Morgan fingerprint density at radius 2 is 1.94 bits per heavy atom. The smallest absolute Gasteiger partial charge is 0.259 e. The number of benzene rings is 2. The highest BCUT2D eigenvalue weighted by Gasteiger charge is 2.26. The first-order valence-electron chi connectivity index (χ1n) is 9.50. The molecule has 1 aliphatic heterocycles. The maximum atomic E-state index is 12.7. The number of nitrogens with zero attached hydrogens (tertiary/aromatic N) is 3. The second-order valence-electron chi connectivity index (χ2n) is 6.92. The van der Waals surface area contributed by atoms with Gasteiger partial charge in [0.25, 0.3) is 15.9 Å². The lowest BCUT2D eigenvalue weighted by atomic mass is 10.1. The third kappa shape index (κ3) is 4.57. The Balaban J connectivity index is 1.53. The summed E-state index contributed by atoms with van der Waals surface area (Å²) >= 11 is 6.30. The number of nitrogens with one attached hydrogen (secondary N) is 1. The third-order valence-electron chi connectivity index (χ3n) is 4.80. The number of amides is 1. The van der Waals surface area contributed by atoms with Crippen molar-refractivity contribution in [3.05, 3.63) is 82.8 Å². The molecule has 32 heavy (non-hydrogen) atoms. The standard InChI is InChI=1S/C22H17ClN4O4S/c1-24-16-8-9-25-21(13-16)19-12-17(4-7-20(19)23)26-22(28)15-2-5-18(6-3-15)27-10-11-31-14-32(27,29)30/h2-9,12-13H,10-11,14H2,(H,26,28). The predicted octanol–water partition coefficient (Wildman–Crippen LogP) is 4.33. The minimum absolute atomic E-state index is 0.226. The van der Waals surface area contributed by atoms with Crippen molar-refractivity contribution in [3.8, 4) is 11.3 Å². The van der Waals surface area contributed by atoms with Gasteiger partial charge in [0.15, 0.2) is 11.6 Å². The number of carbonyl (C=O) groups is 1. The van der Waals surface area contributed by atoms with Crippen molar-refractivity contribution < 1.29 is 17.9 Å². The van der Waals surface area contributed by atoms with Crippen LogP contribution in [-0.2, 0) is 14.8 Å². The van der Waals surface area contributed by atoms with Crippen LogP contribution in [0, 0.1) is 6.57 Å². The van der Waals surface area contributed by atoms with Gasteiger partial charge in [-0.3, -0.25) is 14.1 Å². The van der Waals surface area contributed by atoms with E-state index in [1.165, 1.54) is 10.5 Å². The zero-order valence-electron chi connectivity index (χ0n) is 16.7. The summed E-state index contributed by atoms with van der Waals surface area (Å²) in [5, 5.41) is 3.24. The molecule has 0 aliphatic carbocycles. The monoisotopic (exact) mass is 468 g/mol. The number of pyridine rings is 1. The Morgan fingerprint density at radius 3 is 2.66 bits per heavy atom. The number of ether oxygens (including phenoxy) is 1. The quantitative estimate of drug-likeness (QED) is 0.575. The fourth-order valence-corrected chi connectivity index (χ4v) is 4.69. The number of rotatable bonds is 4. The van der Waals surface area contributed by atoms with Crippen molar-refractivity contribution in [2.24, 2.45) is 0 Å². The molecule has 0 saturated carbocycles. The van der Waals surface area contributed by atoms with E-state index in [4.69, 9.17) is 22.9 Å². The van der Waals surface area contributed by atoms with Gasteiger partial charge in [0.2, 0.25) is 0 Å². The summed E-state index contributed by atoms with van der Waals surface area (Å²) in [7, 11) is -3.52. The van der Waals surface area contributed by atoms with Gasteiger partial charge in [0.1, 0.15) is 0 Å². The van der Waals surface area contributed by atoms with Crippen LogP contribution < -0.4 is 9.62 Å². The number of hydrogen-bond donors (Lipinski definition) is 1. The van der Waals surface area contributed by atoms with E-state index in [9.17, 15) is 13.2 Å². The summed E-state index contributed by atoms with van der Waals surface area (Å²) in [5.41, 5.74) is 2.89. The molecule has 1 amide bonds. The average Bonchev–Trinajstić information content (AvgIpc) is 2.80. The maximum absolute atomic E-state index is 12.7. The van der Waals surface area contributed by atoms with Gasteiger partial charge in [-0.05, 0) is 54.6 Å². The summed E-state index contributed by atoms with van der Waals surface area (Å²) in [6.07, 6.45) is 1.53. The van der Waals surface area contributed by atoms with Crippen LogP contribution in [0.3, 0.4) is 0 Å². The van der Waals surface area contributed by atoms with Gasteiger partial charge in [-0.2, -0.15) is 0 Å². The molecule has 8 nitrogen and oxygen atoms in total. The first-order valence-corrected chi connectivity index (χ1v) is 11.5. The molecular weight excluding hydrogens is 452 g/mol. The molecule has 2 heterocycles. The highest BCUT2D eigenvalue weighted by atomic mass is 35.5. The van der Waals surface area contributed by atoms with Gasteiger partial charge in [-0.1, -0.05) is 11.6 Å². The molecule has 4 rings (SSSR count). The predicted molar refractivity (Wildman–Crippen MR) is 122 cm³/mol. The highest BCUT2D eigenvalue weighted by Crippen LogP contribution is 2.31. The van der Waals surface area contributed by atoms with Gasteiger partial charge in [0.05, 0.1) is 36.1 Å². The lowest BCUT2D eigenvalue weighted by molar-refractivity contribution is 0.102. The summed E-state index contributed by atoms with van der Waals surface area (Å²) in [6, 6.07) is 14.5. The first kappa shape index (κ1) is 21.8. The molecule has 162 valence electrons. The molecule has 1 aliphatic rings. The minimum Gasteiger partial charge on any atom is -0.362 e. The first-order chi connectivity index (χ1) is 15.4. The number of halogens is 1. The molecule has 1 aromatic heterocycles.